The van der Waals surface area contributed by atoms with Crippen LogP contribution < -0.4 is 0 Å². The Bertz CT molecular complexity index is 434. The summed E-state index contributed by atoms with van der Waals surface area (Å²) in [5.41, 5.74) is 0. The van der Waals surface area contributed by atoms with Crippen molar-refractivity contribution in [3.05, 3.63) is 21.9 Å². The predicted molar refractivity (Wildman–Crippen MR) is 72.2 cm³/mol. The fourth-order valence-corrected chi connectivity index (χ4v) is 3.42. The van der Waals surface area contributed by atoms with Gasteiger partial charge in [-0.1, -0.05) is 13.8 Å². The molecule has 0 saturated heterocycles. The van der Waals surface area contributed by atoms with E-state index in [1.54, 1.807) is 18.3 Å². The van der Waals surface area contributed by atoms with E-state index in [9.17, 15) is 13.5 Å². The van der Waals surface area contributed by atoms with Gasteiger partial charge in [0, 0.05) is 15.5 Å². The molecule has 0 aliphatic rings. The summed E-state index contributed by atoms with van der Waals surface area (Å²) in [5.74, 6) is 0.356. The minimum Gasteiger partial charge on any atom is -0.388 e. The standard InChI is InChI=1S/C12H20O3S2/c1-3-10-7-8-12(16-10)11(13)6-5-9-17(14,15)4-2/h7-8,11,13H,3-6,9H2,1-2H3. The number of hydrogen-bond acceptors (Lipinski definition) is 4. The molecule has 0 spiro atoms. The average molecular weight is 276 g/mol. The lowest BCUT2D eigenvalue weighted by molar-refractivity contribution is 0.170. The van der Waals surface area contributed by atoms with Crippen molar-refractivity contribution in [3.8, 4) is 0 Å². The second-order valence-corrected chi connectivity index (χ2v) is 7.72. The fraction of sp³-hybridized carbons (Fsp3) is 0.667. The van der Waals surface area contributed by atoms with Gasteiger partial charge >= 0.3 is 0 Å². The van der Waals surface area contributed by atoms with E-state index in [1.807, 2.05) is 12.1 Å². The lowest BCUT2D eigenvalue weighted by atomic mass is 10.2. The smallest absolute Gasteiger partial charge is 0.150 e. The number of aryl methyl sites for hydroxylation is 1. The van der Waals surface area contributed by atoms with Crippen LogP contribution in [-0.4, -0.2) is 25.0 Å². The van der Waals surface area contributed by atoms with Gasteiger partial charge in [-0.05, 0) is 31.4 Å². The van der Waals surface area contributed by atoms with Crippen molar-refractivity contribution in [1.82, 2.24) is 0 Å². The lowest BCUT2D eigenvalue weighted by Gasteiger charge is -2.08. The highest BCUT2D eigenvalue weighted by atomic mass is 32.2. The number of hydrogen-bond donors (Lipinski definition) is 1. The molecular formula is C12H20O3S2. The molecule has 1 heterocycles. The normalized spacial score (nSPS) is 13.8. The summed E-state index contributed by atoms with van der Waals surface area (Å²) < 4.78 is 22.6. The molecule has 1 aromatic heterocycles. The first-order valence-electron chi connectivity index (χ1n) is 5.95. The van der Waals surface area contributed by atoms with Crippen LogP contribution in [0.25, 0.3) is 0 Å². The number of rotatable bonds is 7. The SMILES string of the molecule is CCc1ccc(C(O)CCCS(=O)(=O)CC)s1. The molecule has 0 aliphatic heterocycles. The second kappa shape index (κ2) is 6.52. The van der Waals surface area contributed by atoms with Crippen molar-refractivity contribution in [2.24, 2.45) is 0 Å². The van der Waals surface area contributed by atoms with E-state index in [2.05, 4.69) is 6.92 Å². The molecular weight excluding hydrogens is 256 g/mol. The fourth-order valence-electron chi connectivity index (χ4n) is 1.55. The Labute approximate surface area is 107 Å². The van der Waals surface area contributed by atoms with E-state index in [4.69, 9.17) is 0 Å². The first-order valence-corrected chi connectivity index (χ1v) is 8.59. The molecule has 1 rings (SSSR count). The molecule has 17 heavy (non-hydrogen) atoms. The van der Waals surface area contributed by atoms with Gasteiger partial charge in [-0.25, -0.2) is 8.42 Å². The summed E-state index contributed by atoms with van der Waals surface area (Å²) in [6.07, 6.45) is 1.49. The largest absolute Gasteiger partial charge is 0.388 e. The van der Waals surface area contributed by atoms with E-state index in [0.717, 1.165) is 11.3 Å². The van der Waals surface area contributed by atoms with E-state index in [1.165, 1.54) is 4.88 Å². The van der Waals surface area contributed by atoms with Crippen LogP contribution in [-0.2, 0) is 16.3 Å². The highest BCUT2D eigenvalue weighted by molar-refractivity contribution is 7.91. The molecule has 0 bridgehead atoms. The summed E-state index contributed by atoms with van der Waals surface area (Å²) in [4.78, 5) is 2.19. The minimum atomic E-state index is -2.90. The molecule has 1 unspecified atom stereocenters. The molecule has 1 aromatic rings. The Balaban J connectivity index is 2.42. The summed E-state index contributed by atoms with van der Waals surface area (Å²) in [5, 5.41) is 9.91. The zero-order valence-electron chi connectivity index (χ0n) is 10.3. The number of sulfone groups is 1. The summed E-state index contributed by atoms with van der Waals surface area (Å²) in [7, 11) is -2.90. The predicted octanol–water partition coefficient (Wildman–Crippen LogP) is 2.56. The third kappa shape index (κ3) is 4.77. The molecule has 1 N–H and O–H groups in total. The Morgan fingerprint density at radius 1 is 1.35 bits per heavy atom. The molecule has 0 radical (unpaired) electrons. The molecule has 0 aliphatic carbocycles. The Kier molecular flexibility index (Phi) is 5.62. The van der Waals surface area contributed by atoms with Gasteiger partial charge in [0.15, 0.2) is 0 Å². The van der Waals surface area contributed by atoms with Gasteiger partial charge in [-0.2, -0.15) is 0 Å². The van der Waals surface area contributed by atoms with Crippen molar-refractivity contribution in [3.63, 3.8) is 0 Å². The first-order chi connectivity index (χ1) is 7.98. The third-order valence-corrected chi connectivity index (χ3v) is 5.85. The van der Waals surface area contributed by atoms with Crippen LogP contribution in [0.15, 0.2) is 12.1 Å². The van der Waals surface area contributed by atoms with Crippen LogP contribution in [0.4, 0.5) is 0 Å². The maximum atomic E-state index is 11.3. The van der Waals surface area contributed by atoms with Crippen LogP contribution in [0.5, 0.6) is 0 Å². The van der Waals surface area contributed by atoms with Crippen molar-refractivity contribution < 1.29 is 13.5 Å². The Hall–Kier alpha value is -0.390. The second-order valence-electron chi connectivity index (χ2n) is 4.05. The van der Waals surface area contributed by atoms with Crippen molar-refractivity contribution >= 4 is 21.2 Å². The van der Waals surface area contributed by atoms with E-state index in [0.29, 0.717) is 12.8 Å². The Morgan fingerprint density at radius 2 is 2.06 bits per heavy atom. The van der Waals surface area contributed by atoms with Gasteiger partial charge in [0.05, 0.1) is 11.9 Å². The van der Waals surface area contributed by atoms with E-state index >= 15 is 0 Å². The quantitative estimate of drug-likeness (QED) is 0.832. The number of aliphatic hydroxyl groups is 1. The van der Waals surface area contributed by atoms with Crippen molar-refractivity contribution in [2.75, 3.05) is 11.5 Å². The maximum absolute atomic E-state index is 11.3. The minimum absolute atomic E-state index is 0.173. The first kappa shape index (κ1) is 14.7. The molecule has 3 nitrogen and oxygen atoms in total. The summed E-state index contributed by atoms with van der Waals surface area (Å²) in [6, 6.07) is 3.95. The lowest BCUT2D eigenvalue weighted by Crippen LogP contribution is -2.09. The molecule has 0 fully saturated rings. The highest BCUT2D eigenvalue weighted by Crippen LogP contribution is 2.26. The van der Waals surface area contributed by atoms with Crippen molar-refractivity contribution in [2.45, 2.75) is 39.2 Å². The van der Waals surface area contributed by atoms with E-state index < -0.39 is 15.9 Å². The monoisotopic (exact) mass is 276 g/mol. The van der Waals surface area contributed by atoms with Gasteiger partial charge in [0.2, 0.25) is 0 Å². The molecule has 5 heteroatoms. The average Bonchev–Trinajstić information content (AvgIpc) is 2.77. The summed E-state index contributed by atoms with van der Waals surface area (Å²) in [6.45, 7) is 3.73. The zero-order chi connectivity index (χ0) is 12.9. The summed E-state index contributed by atoms with van der Waals surface area (Å²) >= 11 is 1.61. The molecule has 0 aromatic carbocycles. The van der Waals surface area contributed by atoms with E-state index in [-0.39, 0.29) is 11.5 Å². The van der Waals surface area contributed by atoms with Gasteiger partial charge in [0.1, 0.15) is 9.84 Å². The molecule has 98 valence electrons. The van der Waals surface area contributed by atoms with Crippen LogP contribution >= 0.6 is 11.3 Å². The zero-order valence-corrected chi connectivity index (χ0v) is 12.0. The van der Waals surface area contributed by atoms with Gasteiger partial charge in [0.25, 0.3) is 0 Å². The van der Waals surface area contributed by atoms with Crippen LogP contribution in [0, 0.1) is 0 Å². The molecule has 1 atom stereocenters. The Morgan fingerprint density at radius 3 is 2.59 bits per heavy atom. The highest BCUT2D eigenvalue weighted by Gasteiger charge is 2.13. The topological polar surface area (TPSA) is 54.4 Å². The molecule has 0 amide bonds. The number of thiophene rings is 1. The third-order valence-electron chi connectivity index (χ3n) is 2.73. The maximum Gasteiger partial charge on any atom is 0.150 e. The van der Waals surface area contributed by atoms with Crippen molar-refractivity contribution in [1.29, 1.82) is 0 Å². The number of aliphatic hydroxyl groups excluding tert-OH is 1. The van der Waals surface area contributed by atoms with Gasteiger partial charge < -0.3 is 5.11 Å². The van der Waals surface area contributed by atoms with Gasteiger partial charge in [-0.3, -0.25) is 0 Å². The van der Waals surface area contributed by atoms with Crippen LogP contribution in [0.3, 0.4) is 0 Å². The van der Waals surface area contributed by atoms with Crippen LogP contribution in [0.2, 0.25) is 0 Å². The molecule has 0 saturated carbocycles. The van der Waals surface area contributed by atoms with Gasteiger partial charge in [-0.15, -0.1) is 11.3 Å². The van der Waals surface area contributed by atoms with Crippen LogP contribution in [0.1, 0.15) is 42.5 Å².